The van der Waals surface area contributed by atoms with Crippen LogP contribution in [0.1, 0.15) is 22.5 Å². The average molecular weight is 313 g/mol. The number of nitrogens with one attached hydrogen (secondary N) is 1. The molecule has 2 aromatic heterocycles. The Balaban J connectivity index is 1.77. The Hall–Kier alpha value is -1.98. The summed E-state index contributed by atoms with van der Waals surface area (Å²) in [6, 6.07) is 8.39. The minimum absolute atomic E-state index is 0.0464. The van der Waals surface area contributed by atoms with E-state index in [0.29, 0.717) is 17.1 Å². The van der Waals surface area contributed by atoms with Gasteiger partial charge in [-0.15, -0.1) is 11.3 Å². The number of hydrogen-bond donors (Lipinski definition) is 1. The molecule has 22 heavy (non-hydrogen) atoms. The molecule has 3 aromatic rings. The standard InChI is InChI=1S/C17H19N3OS/c1-11-4-5-13(12(2)8-11)9-20(3)10-15-18-14-6-7-22-16(14)17(21)19-15/h4-8H,9-10H2,1-3H3,(H,18,19,21). The minimum atomic E-state index is -0.0464. The number of aryl methyl sites for hydroxylation is 2. The van der Waals surface area contributed by atoms with Crippen molar-refractivity contribution in [3.63, 3.8) is 0 Å². The van der Waals surface area contributed by atoms with Crippen molar-refractivity contribution in [3.05, 3.63) is 62.5 Å². The van der Waals surface area contributed by atoms with Gasteiger partial charge in [-0.05, 0) is 43.5 Å². The molecule has 4 nitrogen and oxygen atoms in total. The monoisotopic (exact) mass is 313 g/mol. The molecular formula is C17H19N3OS. The van der Waals surface area contributed by atoms with Crippen molar-refractivity contribution in [1.82, 2.24) is 14.9 Å². The second kappa shape index (κ2) is 6.02. The van der Waals surface area contributed by atoms with Crippen molar-refractivity contribution in [2.75, 3.05) is 7.05 Å². The lowest BCUT2D eigenvalue weighted by Crippen LogP contribution is -2.21. The lowest BCUT2D eigenvalue weighted by atomic mass is 10.1. The van der Waals surface area contributed by atoms with E-state index in [4.69, 9.17) is 0 Å². The zero-order valence-corrected chi connectivity index (χ0v) is 13.8. The van der Waals surface area contributed by atoms with Gasteiger partial charge in [0.15, 0.2) is 0 Å². The number of benzene rings is 1. The maximum atomic E-state index is 12.0. The molecular weight excluding hydrogens is 294 g/mol. The highest BCUT2D eigenvalue weighted by molar-refractivity contribution is 7.17. The van der Waals surface area contributed by atoms with Crippen molar-refractivity contribution in [1.29, 1.82) is 0 Å². The van der Waals surface area contributed by atoms with Crippen molar-refractivity contribution in [2.45, 2.75) is 26.9 Å². The van der Waals surface area contributed by atoms with Crippen molar-refractivity contribution in [3.8, 4) is 0 Å². The molecule has 0 saturated heterocycles. The summed E-state index contributed by atoms with van der Waals surface area (Å²) in [7, 11) is 2.04. The minimum Gasteiger partial charge on any atom is -0.308 e. The highest BCUT2D eigenvalue weighted by atomic mass is 32.1. The van der Waals surface area contributed by atoms with Crippen LogP contribution in [0.5, 0.6) is 0 Å². The molecule has 114 valence electrons. The molecule has 3 rings (SSSR count). The summed E-state index contributed by atoms with van der Waals surface area (Å²) >= 11 is 1.43. The van der Waals surface area contributed by atoms with Gasteiger partial charge >= 0.3 is 0 Å². The largest absolute Gasteiger partial charge is 0.308 e. The first-order chi connectivity index (χ1) is 10.5. The Morgan fingerprint density at radius 1 is 1.23 bits per heavy atom. The SMILES string of the molecule is Cc1ccc(CN(C)Cc2nc3ccsc3c(=O)[nH]2)c(C)c1. The Morgan fingerprint density at radius 2 is 2.05 bits per heavy atom. The van der Waals surface area contributed by atoms with Gasteiger partial charge in [0.2, 0.25) is 0 Å². The zero-order chi connectivity index (χ0) is 15.7. The molecule has 0 aliphatic rings. The molecule has 0 bridgehead atoms. The highest BCUT2D eigenvalue weighted by Crippen LogP contribution is 2.15. The second-order valence-electron chi connectivity index (χ2n) is 5.75. The summed E-state index contributed by atoms with van der Waals surface area (Å²) in [5.41, 5.74) is 4.60. The predicted octanol–water partition coefficient (Wildman–Crippen LogP) is 3.23. The summed E-state index contributed by atoms with van der Waals surface area (Å²) in [5.74, 6) is 0.711. The topological polar surface area (TPSA) is 49.0 Å². The van der Waals surface area contributed by atoms with Gasteiger partial charge in [0.1, 0.15) is 10.5 Å². The fourth-order valence-electron chi connectivity index (χ4n) is 2.62. The third kappa shape index (κ3) is 3.10. The lowest BCUT2D eigenvalue weighted by molar-refractivity contribution is 0.310. The van der Waals surface area contributed by atoms with Crippen LogP contribution < -0.4 is 5.56 Å². The summed E-state index contributed by atoms with van der Waals surface area (Å²) in [6.07, 6.45) is 0. The second-order valence-corrected chi connectivity index (χ2v) is 6.67. The predicted molar refractivity (Wildman–Crippen MR) is 91.3 cm³/mol. The fraction of sp³-hybridized carbons (Fsp3) is 0.294. The summed E-state index contributed by atoms with van der Waals surface area (Å²) in [6.45, 7) is 5.69. The summed E-state index contributed by atoms with van der Waals surface area (Å²) in [5, 5.41) is 1.90. The smallest absolute Gasteiger partial charge is 0.268 e. The highest BCUT2D eigenvalue weighted by Gasteiger charge is 2.09. The Kier molecular flexibility index (Phi) is 4.09. The van der Waals surface area contributed by atoms with Crippen LogP contribution in [0.15, 0.2) is 34.4 Å². The van der Waals surface area contributed by atoms with Crippen molar-refractivity contribution >= 4 is 21.6 Å². The van der Waals surface area contributed by atoms with Crippen LogP contribution in [0.25, 0.3) is 10.2 Å². The van der Waals surface area contributed by atoms with Crippen LogP contribution in [-0.4, -0.2) is 21.9 Å². The molecule has 0 unspecified atom stereocenters. The molecule has 1 aromatic carbocycles. The first-order valence-electron chi connectivity index (χ1n) is 7.24. The number of aromatic amines is 1. The van der Waals surface area contributed by atoms with Gasteiger partial charge < -0.3 is 4.98 Å². The van der Waals surface area contributed by atoms with Gasteiger partial charge in [-0.2, -0.15) is 0 Å². The summed E-state index contributed by atoms with van der Waals surface area (Å²) in [4.78, 5) is 21.6. The number of rotatable bonds is 4. The van der Waals surface area contributed by atoms with Gasteiger partial charge in [0.05, 0.1) is 12.1 Å². The van der Waals surface area contributed by atoms with Crippen LogP contribution in [0.3, 0.4) is 0 Å². The molecule has 2 heterocycles. The first kappa shape index (κ1) is 14.9. The number of fused-ring (bicyclic) bond motifs is 1. The Bertz CT molecular complexity index is 866. The third-order valence-electron chi connectivity index (χ3n) is 3.72. The number of nitrogens with zero attached hydrogens (tertiary/aromatic N) is 2. The maximum Gasteiger partial charge on any atom is 0.268 e. The van der Waals surface area contributed by atoms with Crippen molar-refractivity contribution in [2.24, 2.45) is 0 Å². The summed E-state index contributed by atoms with van der Waals surface area (Å²) < 4.78 is 0.695. The van der Waals surface area contributed by atoms with Crippen LogP contribution in [0.4, 0.5) is 0 Å². The van der Waals surface area contributed by atoms with Crippen LogP contribution in [0.2, 0.25) is 0 Å². The molecule has 0 spiro atoms. The van der Waals surface area contributed by atoms with Gasteiger partial charge in [-0.1, -0.05) is 23.8 Å². The molecule has 5 heteroatoms. The number of thiophene rings is 1. The molecule has 0 fully saturated rings. The van der Waals surface area contributed by atoms with E-state index in [-0.39, 0.29) is 5.56 Å². The van der Waals surface area contributed by atoms with E-state index in [1.54, 1.807) is 0 Å². The molecule has 0 aliphatic heterocycles. The maximum absolute atomic E-state index is 12.0. The molecule has 0 saturated carbocycles. The quantitative estimate of drug-likeness (QED) is 0.804. The zero-order valence-electron chi connectivity index (χ0n) is 13.0. The third-order valence-corrected chi connectivity index (χ3v) is 4.62. The van der Waals surface area contributed by atoms with E-state index in [0.717, 1.165) is 12.1 Å². The molecule has 0 radical (unpaired) electrons. The number of aromatic nitrogens is 2. The van der Waals surface area contributed by atoms with Crippen LogP contribution >= 0.6 is 11.3 Å². The molecule has 0 aliphatic carbocycles. The van der Waals surface area contributed by atoms with E-state index in [1.165, 1.54) is 28.0 Å². The molecule has 1 N–H and O–H groups in total. The van der Waals surface area contributed by atoms with Crippen LogP contribution in [-0.2, 0) is 13.1 Å². The normalized spacial score (nSPS) is 11.5. The van der Waals surface area contributed by atoms with Crippen LogP contribution in [0, 0.1) is 13.8 Å². The van der Waals surface area contributed by atoms with E-state index >= 15 is 0 Å². The Labute approximate surface area is 133 Å². The van der Waals surface area contributed by atoms with E-state index < -0.39 is 0 Å². The fourth-order valence-corrected chi connectivity index (χ4v) is 3.35. The van der Waals surface area contributed by atoms with Gasteiger partial charge in [-0.3, -0.25) is 9.69 Å². The molecule has 0 atom stereocenters. The van der Waals surface area contributed by atoms with Gasteiger partial charge in [-0.25, -0.2) is 4.98 Å². The average Bonchev–Trinajstić information content (AvgIpc) is 2.91. The van der Waals surface area contributed by atoms with Gasteiger partial charge in [0.25, 0.3) is 5.56 Å². The molecule has 0 amide bonds. The van der Waals surface area contributed by atoms with E-state index in [1.807, 2.05) is 18.5 Å². The number of H-pyrrole nitrogens is 1. The van der Waals surface area contributed by atoms with E-state index in [9.17, 15) is 4.79 Å². The Morgan fingerprint density at radius 3 is 2.82 bits per heavy atom. The van der Waals surface area contributed by atoms with Gasteiger partial charge in [0, 0.05) is 6.54 Å². The number of hydrogen-bond acceptors (Lipinski definition) is 4. The first-order valence-corrected chi connectivity index (χ1v) is 8.12. The lowest BCUT2D eigenvalue weighted by Gasteiger charge is -2.17. The van der Waals surface area contributed by atoms with E-state index in [2.05, 4.69) is 46.9 Å². The van der Waals surface area contributed by atoms with Crippen molar-refractivity contribution < 1.29 is 0 Å².